The van der Waals surface area contributed by atoms with Crippen molar-refractivity contribution in [3.8, 4) is 17.1 Å². The maximum atomic E-state index is 12.3. The summed E-state index contributed by atoms with van der Waals surface area (Å²) in [5.74, 6) is 1.30. The fourth-order valence-corrected chi connectivity index (χ4v) is 1.48. The normalized spacial score (nSPS) is 11.6. The maximum absolute atomic E-state index is 12.3. The second-order valence-electron chi connectivity index (χ2n) is 4.03. The zero-order chi connectivity index (χ0) is 13.7. The predicted molar refractivity (Wildman–Crippen MR) is 70.2 cm³/mol. The third-order valence-electron chi connectivity index (χ3n) is 2.55. The molecular weight excluding hydrogens is 247 g/mol. The van der Waals surface area contributed by atoms with Gasteiger partial charge in [-0.05, 0) is 24.3 Å². The van der Waals surface area contributed by atoms with E-state index < -0.39 is 0 Å². The molecule has 6 heteroatoms. The highest BCUT2D eigenvalue weighted by Gasteiger charge is 2.03. The van der Waals surface area contributed by atoms with Gasteiger partial charge in [0.1, 0.15) is 18.7 Å². The van der Waals surface area contributed by atoms with Gasteiger partial charge in [-0.1, -0.05) is 0 Å². The molecule has 0 saturated carbocycles. The number of aromatic nitrogens is 3. The van der Waals surface area contributed by atoms with Crippen LogP contribution in [0.5, 0.6) is 5.75 Å². The van der Waals surface area contributed by atoms with Gasteiger partial charge in [-0.25, -0.2) is 9.37 Å². The number of ether oxygens (including phenoxy) is 1. The Morgan fingerprint density at radius 2 is 2.16 bits per heavy atom. The molecule has 0 atom stereocenters. The number of rotatable bonds is 5. The molecule has 0 aliphatic rings. The third-order valence-corrected chi connectivity index (χ3v) is 2.55. The summed E-state index contributed by atoms with van der Waals surface area (Å²) in [7, 11) is 1.81. The van der Waals surface area contributed by atoms with Crippen molar-refractivity contribution in [3.63, 3.8) is 0 Å². The minimum Gasteiger partial charge on any atom is -0.489 e. The van der Waals surface area contributed by atoms with E-state index >= 15 is 0 Å². The van der Waals surface area contributed by atoms with Crippen molar-refractivity contribution in [2.24, 2.45) is 12.8 Å². The fraction of sp³-hybridized carbons (Fsp3) is 0.231. The number of halogens is 1. The van der Waals surface area contributed by atoms with Gasteiger partial charge in [0.2, 0.25) is 0 Å². The van der Waals surface area contributed by atoms with Crippen LogP contribution in [-0.4, -0.2) is 27.9 Å². The summed E-state index contributed by atoms with van der Waals surface area (Å²) in [5.41, 5.74) is 6.65. The molecule has 0 unspecified atom stereocenters. The second kappa shape index (κ2) is 6.10. The van der Waals surface area contributed by atoms with E-state index in [4.69, 9.17) is 10.5 Å². The summed E-state index contributed by atoms with van der Waals surface area (Å²) in [6.45, 7) is 0.292. The highest BCUT2D eigenvalue weighted by Crippen LogP contribution is 2.19. The van der Waals surface area contributed by atoms with Crippen molar-refractivity contribution in [1.29, 1.82) is 0 Å². The van der Waals surface area contributed by atoms with E-state index in [1.165, 1.54) is 0 Å². The molecule has 0 bridgehead atoms. The lowest BCUT2D eigenvalue weighted by Crippen LogP contribution is -2.10. The van der Waals surface area contributed by atoms with Crippen LogP contribution in [-0.2, 0) is 7.05 Å². The molecule has 2 rings (SSSR count). The maximum Gasteiger partial charge on any atom is 0.181 e. The number of hydrogen-bond donors (Lipinski definition) is 1. The number of nitrogens with two attached hydrogens (primary N) is 1. The first-order valence-electron chi connectivity index (χ1n) is 5.80. The van der Waals surface area contributed by atoms with E-state index in [-0.39, 0.29) is 13.2 Å². The van der Waals surface area contributed by atoms with E-state index in [9.17, 15) is 4.39 Å². The number of benzene rings is 1. The Morgan fingerprint density at radius 1 is 1.42 bits per heavy atom. The van der Waals surface area contributed by atoms with Crippen LogP contribution in [0.4, 0.5) is 4.39 Å². The summed E-state index contributed by atoms with van der Waals surface area (Å²) in [4.78, 5) is 4.15. The molecular formula is C13H15FN4O. The molecule has 0 fully saturated rings. The quantitative estimate of drug-likeness (QED) is 0.890. The highest BCUT2D eigenvalue weighted by molar-refractivity contribution is 5.55. The van der Waals surface area contributed by atoms with Crippen LogP contribution in [0.25, 0.3) is 11.4 Å². The lowest BCUT2D eigenvalue weighted by Gasteiger charge is -2.07. The van der Waals surface area contributed by atoms with Crippen LogP contribution >= 0.6 is 0 Å². The van der Waals surface area contributed by atoms with Gasteiger partial charge in [0.05, 0.1) is 6.33 Å². The molecule has 100 valence electrons. The first-order chi connectivity index (χ1) is 9.22. The van der Waals surface area contributed by atoms with Crippen molar-refractivity contribution >= 4 is 0 Å². The van der Waals surface area contributed by atoms with Crippen LogP contribution in [0.2, 0.25) is 0 Å². The van der Waals surface area contributed by atoms with Crippen LogP contribution < -0.4 is 10.5 Å². The Hall–Kier alpha value is -2.21. The van der Waals surface area contributed by atoms with Crippen LogP contribution in [0.3, 0.4) is 0 Å². The minimum atomic E-state index is 0.145. The van der Waals surface area contributed by atoms with Crippen molar-refractivity contribution in [3.05, 3.63) is 42.5 Å². The molecule has 0 saturated heterocycles. The van der Waals surface area contributed by atoms with E-state index in [2.05, 4.69) is 10.1 Å². The molecule has 1 aromatic carbocycles. The molecule has 1 heterocycles. The molecule has 1 aromatic heterocycles. The predicted octanol–water partition coefficient (Wildman–Crippen LogP) is 1.67. The standard InChI is InChI=1S/C13H15FN4O/c1-18-9-16-13(17-18)11-2-4-12(5-3-11)19-8-10(6-14)7-15/h2-6,9H,7-8,15H2,1H3/b10-6+. The van der Waals surface area contributed by atoms with Gasteiger partial charge in [-0.2, -0.15) is 5.10 Å². The summed E-state index contributed by atoms with van der Waals surface area (Å²) in [6, 6.07) is 7.29. The third kappa shape index (κ3) is 3.38. The van der Waals surface area contributed by atoms with Crippen molar-refractivity contribution < 1.29 is 9.13 Å². The van der Waals surface area contributed by atoms with E-state index in [0.717, 1.165) is 5.56 Å². The molecule has 5 nitrogen and oxygen atoms in total. The van der Waals surface area contributed by atoms with Crippen LogP contribution in [0.1, 0.15) is 0 Å². The van der Waals surface area contributed by atoms with Crippen LogP contribution in [0, 0.1) is 0 Å². The van der Waals surface area contributed by atoms with Crippen molar-refractivity contribution in [2.45, 2.75) is 0 Å². The van der Waals surface area contributed by atoms with Gasteiger partial charge in [-0.3, -0.25) is 4.68 Å². The van der Waals surface area contributed by atoms with Gasteiger partial charge in [0, 0.05) is 24.7 Å². The minimum absolute atomic E-state index is 0.145. The number of hydrogen-bond acceptors (Lipinski definition) is 4. The van der Waals surface area contributed by atoms with Gasteiger partial charge < -0.3 is 10.5 Å². The average molecular weight is 262 g/mol. The summed E-state index contributed by atoms with van der Waals surface area (Å²) < 4.78 is 19.4. The topological polar surface area (TPSA) is 66.0 Å². The number of nitrogens with zero attached hydrogens (tertiary/aromatic N) is 3. The molecule has 0 aliphatic heterocycles. The first kappa shape index (κ1) is 13.2. The average Bonchev–Trinajstić information content (AvgIpc) is 2.87. The molecule has 2 aromatic rings. The Kier molecular flexibility index (Phi) is 4.25. The lowest BCUT2D eigenvalue weighted by molar-refractivity contribution is 0.347. The summed E-state index contributed by atoms with van der Waals surface area (Å²) in [5, 5.41) is 4.20. The zero-order valence-corrected chi connectivity index (χ0v) is 10.6. The molecule has 0 radical (unpaired) electrons. The Labute approximate surface area is 110 Å². The molecule has 0 aliphatic carbocycles. The zero-order valence-electron chi connectivity index (χ0n) is 10.6. The molecule has 0 amide bonds. The van der Waals surface area contributed by atoms with E-state index in [0.29, 0.717) is 23.5 Å². The molecule has 2 N–H and O–H groups in total. The fourth-order valence-electron chi connectivity index (χ4n) is 1.48. The smallest absolute Gasteiger partial charge is 0.181 e. The van der Waals surface area contributed by atoms with E-state index in [1.54, 1.807) is 23.1 Å². The second-order valence-corrected chi connectivity index (χ2v) is 4.03. The first-order valence-corrected chi connectivity index (χ1v) is 5.80. The SMILES string of the molecule is Cn1cnc(-c2ccc(OC/C(=C/F)CN)cc2)n1. The van der Waals surface area contributed by atoms with Crippen LogP contribution in [0.15, 0.2) is 42.5 Å². The number of aryl methyl sites for hydroxylation is 1. The Bertz CT molecular complexity index is 562. The highest BCUT2D eigenvalue weighted by atomic mass is 19.1. The van der Waals surface area contributed by atoms with Gasteiger partial charge in [0.25, 0.3) is 0 Å². The van der Waals surface area contributed by atoms with Gasteiger partial charge in [-0.15, -0.1) is 0 Å². The Balaban J connectivity index is 2.02. The van der Waals surface area contributed by atoms with E-state index in [1.807, 2.05) is 19.2 Å². The summed E-state index contributed by atoms with van der Waals surface area (Å²) in [6.07, 6.45) is 2.12. The molecule has 19 heavy (non-hydrogen) atoms. The van der Waals surface area contributed by atoms with Gasteiger partial charge in [0.15, 0.2) is 5.82 Å². The molecule has 0 spiro atoms. The monoisotopic (exact) mass is 262 g/mol. The Morgan fingerprint density at radius 3 is 2.68 bits per heavy atom. The van der Waals surface area contributed by atoms with Crippen molar-refractivity contribution in [2.75, 3.05) is 13.2 Å². The van der Waals surface area contributed by atoms with Crippen molar-refractivity contribution in [1.82, 2.24) is 14.8 Å². The summed E-state index contributed by atoms with van der Waals surface area (Å²) >= 11 is 0. The largest absolute Gasteiger partial charge is 0.489 e. The lowest BCUT2D eigenvalue weighted by atomic mass is 10.2. The van der Waals surface area contributed by atoms with Gasteiger partial charge >= 0.3 is 0 Å².